The molecule has 2 aromatic carbocycles. The van der Waals surface area contributed by atoms with E-state index in [1.54, 1.807) is 45.5 Å². The third kappa shape index (κ3) is 11.7. The van der Waals surface area contributed by atoms with Crippen LogP contribution >= 0.6 is 22.7 Å². The fourth-order valence-electron chi connectivity index (χ4n) is 7.54. The average Bonchev–Trinajstić information content (AvgIpc) is 4.22. The summed E-state index contributed by atoms with van der Waals surface area (Å²) in [6, 6.07) is 10.4. The highest BCUT2D eigenvalue weighted by Crippen LogP contribution is 2.40. The molecule has 6 aromatic heterocycles. The van der Waals surface area contributed by atoms with Crippen molar-refractivity contribution in [2.24, 2.45) is 0 Å². The summed E-state index contributed by atoms with van der Waals surface area (Å²) < 4.78 is 117. The summed E-state index contributed by atoms with van der Waals surface area (Å²) in [5.41, 5.74) is 2.44. The minimum atomic E-state index is -3.94. The third-order valence-electron chi connectivity index (χ3n) is 11.3. The smallest absolute Gasteiger partial charge is 0.197 e. The zero-order valence-corrected chi connectivity index (χ0v) is 44.8. The minimum Gasteiger partial charge on any atom is -0.494 e. The molecule has 74 heavy (non-hydrogen) atoms. The molecule has 0 aliphatic rings. The summed E-state index contributed by atoms with van der Waals surface area (Å²) in [4.78, 5) is 24.6. The minimum absolute atomic E-state index is 0.0480. The van der Waals surface area contributed by atoms with Gasteiger partial charge in [-0.15, -0.1) is 43.1 Å². The fourth-order valence-corrected chi connectivity index (χ4v) is 11.9. The molecule has 0 saturated carbocycles. The van der Waals surface area contributed by atoms with Gasteiger partial charge in [0.15, 0.2) is 76.3 Å². The molecule has 0 spiro atoms. The number of rotatable bonds is 20. The number of para-hydroxylation sites is 2. The lowest BCUT2D eigenvalue weighted by Gasteiger charge is -2.22. The molecular weight excluding hydrogens is 1050 g/mol. The van der Waals surface area contributed by atoms with E-state index in [1.807, 2.05) is 24.6 Å². The molecule has 4 atom stereocenters. The van der Waals surface area contributed by atoms with Crippen LogP contribution in [0.4, 0.5) is 8.78 Å². The first-order valence-electron chi connectivity index (χ1n) is 22.0. The Morgan fingerprint density at radius 1 is 0.541 bits per heavy atom. The number of halogens is 2. The molecule has 0 fully saturated rings. The van der Waals surface area contributed by atoms with E-state index in [2.05, 4.69) is 50.3 Å². The number of methoxy groups -OCH3 is 6. The molecule has 8 aromatic rings. The Bertz CT molecular complexity index is 3160. The zero-order valence-electron chi connectivity index (χ0n) is 41.5. The van der Waals surface area contributed by atoms with Gasteiger partial charge < -0.3 is 28.4 Å². The Hall–Kier alpha value is -6.98. The van der Waals surface area contributed by atoms with E-state index in [0.29, 0.717) is 56.0 Å². The number of sulfone groups is 2. The Labute approximate surface area is 432 Å². The largest absolute Gasteiger partial charge is 0.494 e. The van der Waals surface area contributed by atoms with E-state index < -0.39 is 65.5 Å². The number of thiazole rings is 2. The number of aromatic nitrogens is 12. The van der Waals surface area contributed by atoms with Crippen molar-refractivity contribution in [1.29, 1.82) is 0 Å². The number of hydrogen-bond acceptors (Lipinski definition) is 22. The van der Waals surface area contributed by atoms with Crippen LogP contribution in [0.15, 0.2) is 71.9 Å². The number of benzene rings is 2. The Kier molecular flexibility index (Phi) is 17.4. The number of hydrogen-bond donors (Lipinski definition) is 0. The molecule has 0 radical (unpaired) electrons. The highest BCUT2D eigenvalue weighted by molar-refractivity contribution is 7.91. The van der Waals surface area contributed by atoms with E-state index in [-0.39, 0.29) is 23.3 Å². The van der Waals surface area contributed by atoms with Crippen molar-refractivity contribution in [1.82, 2.24) is 59.4 Å². The molecule has 0 unspecified atom stereocenters. The lowest BCUT2D eigenvalue weighted by atomic mass is 10.2. The molecule has 0 saturated heterocycles. The second kappa shape index (κ2) is 23.5. The topological polar surface area (TPSA) is 262 Å². The van der Waals surface area contributed by atoms with Crippen molar-refractivity contribution in [3.8, 4) is 56.0 Å². The van der Waals surface area contributed by atoms with Crippen LogP contribution in [0.25, 0.3) is 33.0 Å². The molecule has 0 aliphatic carbocycles. The summed E-state index contributed by atoms with van der Waals surface area (Å²) >= 11 is 2.70. The van der Waals surface area contributed by atoms with Gasteiger partial charge in [0.2, 0.25) is 0 Å². The van der Waals surface area contributed by atoms with Crippen LogP contribution in [0, 0.1) is 25.5 Å². The lowest BCUT2D eigenvalue weighted by Crippen LogP contribution is -2.30. The van der Waals surface area contributed by atoms with Gasteiger partial charge in [0.25, 0.3) is 0 Å². The van der Waals surface area contributed by atoms with Gasteiger partial charge in [-0.1, -0.05) is 12.1 Å². The summed E-state index contributed by atoms with van der Waals surface area (Å²) in [5, 5.41) is 19.7. The lowest BCUT2D eigenvalue weighted by molar-refractivity contribution is 0.0945. The van der Waals surface area contributed by atoms with Crippen LogP contribution < -0.4 is 18.9 Å². The maximum Gasteiger partial charge on any atom is 0.197 e. The van der Waals surface area contributed by atoms with E-state index in [1.165, 1.54) is 79.2 Å². The number of nitrogens with zero attached hydrogens (tertiary/aromatic N) is 12. The van der Waals surface area contributed by atoms with E-state index in [9.17, 15) is 25.6 Å². The van der Waals surface area contributed by atoms with Gasteiger partial charge in [0.05, 0.1) is 63.7 Å². The molecule has 6 heterocycles. The molecule has 0 aliphatic heterocycles. The Balaban J connectivity index is 0.000000216. The van der Waals surface area contributed by atoms with Gasteiger partial charge in [0, 0.05) is 36.4 Å². The Morgan fingerprint density at radius 2 is 0.865 bits per heavy atom. The van der Waals surface area contributed by atoms with E-state index in [4.69, 9.17) is 28.4 Å². The van der Waals surface area contributed by atoms with Gasteiger partial charge in [-0.25, -0.2) is 55.5 Å². The van der Waals surface area contributed by atoms with Gasteiger partial charge in [-0.2, -0.15) is 0 Å². The third-order valence-corrected chi connectivity index (χ3v) is 17.3. The predicted octanol–water partition coefficient (Wildman–Crippen LogP) is 6.67. The van der Waals surface area contributed by atoms with Gasteiger partial charge >= 0.3 is 0 Å². The molecule has 28 heteroatoms. The van der Waals surface area contributed by atoms with Crippen LogP contribution in [0.2, 0.25) is 0 Å². The second-order valence-corrected chi connectivity index (χ2v) is 22.4. The van der Waals surface area contributed by atoms with Crippen molar-refractivity contribution in [2.45, 2.75) is 61.9 Å². The van der Waals surface area contributed by atoms with Crippen molar-refractivity contribution in [3.05, 3.63) is 118 Å². The SMILES string of the molecule is COc1cccc(OC)c1-n1c(CS(=O)(=O)[C@@H](C)[C@H](OC)c2ncc(F)cn2)nnc1-c1nc(C)cs1.COc1cccc(OC)c1-n1c(CS(=O)(=O)[C@H](C)[C@@H](OC)c2ncc(F)cn2)nnc1-c1nc(C)cs1. The van der Waals surface area contributed by atoms with Crippen LogP contribution in [-0.2, 0) is 40.7 Å². The van der Waals surface area contributed by atoms with Crippen LogP contribution in [0.1, 0.15) is 60.7 Å². The van der Waals surface area contributed by atoms with Crippen LogP contribution in [0.5, 0.6) is 23.0 Å². The highest BCUT2D eigenvalue weighted by atomic mass is 32.2. The average molecular weight is 1100 g/mol. The molecule has 0 amide bonds. The highest BCUT2D eigenvalue weighted by Gasteiger charge is 2.37. The molecule has 0 bridgehead atoms. The number of aryl methyl sites for hydroxylation is 2. The van der Waals surface area contributed by atoms with Gasteiger partial charge in [-0.3, -0.25) is 9.13 Å². The van der Waals surface area contributed by atoms with Gasteiger partial charge in [0.1, 0.15) is 58.1 Å². The fraction of sp³-hybridized carbons (Fsp3) is 0.348. The number of ether oxygens (including phenoxy) is 6. The zero-order chi connectivity index (χ0) is 53.5. The van der Waals surface area contributed by atoms with Crippen molar-refractivity contribution in [2.75, 3.05) is 42.7 Å². The molecule has 8 rings (SSSR count). The normalized spacial score (nSPS) is 13.4. The summed E-state index contributed by atoms with van der Waals surface area (Å²) in [7, 11) is 0.811. The van der Waals surface area contributed by atoms with Crippen LogP contribution in [-0.4, -0.2) is 129 Å². The maximum atomic E-state index is 13.6. The van der Waals surface area contributed by atoms with Crippen molar-refractivity contribution >= 4 is 42.3 Å². The molecule has 22 nitrogen and oxygen atoms in total. The second-order valence-electron chi connectivity index (χ2n) is 16.0. The summed E-state index contributed by atoms with van der Waals surface area (Å²) in [5.74, 6) is 0.415. The summed E-state index contributed by atoms with van der Waals surface area (Å²) in [6.45, 7) is 6.65. The molecular formula is C46H50F2N12O10S4. The van der Waals surface area contributed by atoms with Crippen molar-refractivity contribution in [3.63, 3.8) is 0 Å². The van der Waals surface area contributed by atoms with E-state index >= 15 is 0 Å². The molecule has 392 valence electrons. The first-order valence-corrected chi connectivity index (χ1v) is 27.2. The Morgan fingerprint density at radius 3 is 1.14 bits per heavy atom. The summed E-state index contributed by atoms with van der Waals surface area (Å²) in [6.07, 6.45) is 1.76. The van der Waals surface area contributed by atoms with Crippen molar-refractivity contribution < 1.29 is 54.0 Å². The first kappa shape index (κ1) is 54.8. The predicted molar refractivity (Wildman–Crippen MR) is 268 cm³/mol. The molecule has 0 N–H and O–H groups in total. The quantitative estimate of drug-likeness (QED) is 0.0771. The standard InChI is InChI=1S/2C23H25FN6O5S2/c2*1-13-11-36-23(27-13)22-29-28-18(30(22)19-16(33-3)7-6-8-17(19)34-4)12-37(31,32)14(2)20(35-5)21-25-9-15(24)10-26-21/h2*6-11,14,20H,12H2,1-5H3/t2*14-,20-/m10/s1. The first-order chi connectivity index (χ1) is 35.4. The maximum absolute atomic E-state index is 13.6. The monoisotopic (exact) mass is 1100 g/mol. The van der Waals surface area contributed by atoms with E-state index in [0.717, 1.165) is 36.2 Å². The van der Waals surface area contributed by atoms with Crippen LogP contribution in [0.3, 0.4) is 0 Å². The van der Waals surface area contributed by atoms with Gasteiger partial charge in [-0.05, 0) is 52.0 Å².